The van der Waals surface area contributed by atoms with Crippen molar-refractivity contribution in [2.45, 2.75) is 20.8 Å². The van der Waals surface area contributed by atoms with Crippen molar-refractivity contribution < 1.29 is 4.63 Å². The van der Waals surface area contributed by atoms with Gasteiger partial charge in [-0.15, -0.1) is 0 Å². The Morgan fingerprint density at radius 1 is 0.769 bits per heavy atom. The molecule has 2 aromatic carbocycles. The van der Waals surface area contributed by atoms with Crippen LogP contribution in [-0.2, 0) is 0 Å². The highest BCUT2D eigenvalue weighted by molar-refractivity contribution is 5.79. The number of rotatable bonds is 4. The minimum Gasteiger partial charge on any atom is -0.337 e. The number of anilines is 4. The summed E-state index contributed by atoms with van der Waals surface area (Å²) in [7, 11) is 0. The molecule has 2 N–H and O–H groups in total. The van der Waals surface area contributed by atoms with Crippen molar-refractivity contribution in [1.82, 2.24) is 20.3 Å². The Kier molecular flexibility index (Phi) is 3.96. The number of aryl methyl sites for hydroxylation is 3. The van der Waals surface area contributed by atoms with Gasteiger partial charge in [0.2, 0.25) is 11.3 Å². The normalized spacial score (nSPS) is 10.9. The van der Waals surface area contributed by atoms with Crippen molar-refractivity contribution in [2.24, 2.45) is 0 Å². The summed E-state index contributed by atoms with van der Waals surface area (Å²) in [5.41, 5.74) is 6.00. The quantitative estimate of drug-likeness (QED) is 0.565. The Hall–Kier alpha value is -3.48. The van der Waals surface area contributed by atoms with Crippen molar-refractivity contribution in [3.05, 3.63) is 59.2 Å². The number of hydrogen-bond donors (Lipinski definition) is 2. The van der Waals surface area contributed by atoms with E-state index in [-0.39, 0.29) is 0 Å². The molecule has 0 aliphatic heterocycles. The van der Waals surface area contributed by atoms with E-state index in [0.29, 0.717) is 22.9 Å². The highest BCUT2D eigenvalue weighted by atomic mass is 16.6. The van der Waals surface area contributed by atoms with Gasteiger partial charge in [0.15, 0.2) is 11.6 Å². The summed E-state index contributed by atoms with van der Waals surface area (Å²) in [6.07, 6.45) is 0. The summed E-state index contributed by atoms with van der Waals surface area (Å²) in [6, 6.07) is 14.2. The number of nitrogens with zero attached hydrogens (tertiary/aromatic N) is 4. The predicted molar refractivity (Wildman–Crippen MR) is 101 cm³/mol. The molecule has 0 saturated carbocycles. The van der Waals surface area contributed by atoms with Crippen LogP contribution in [0.15, 0.2) is 47.1 Å². The van der Waals surface area contributed by atoms with Crippen LogP contribution >= 0.6 is 0 Å². The average Bonchev–Trinajstić information content (AvgIpc) is 3.05. The molecule has 0 spiro atoms. The van der Waals surface area contributed by atoms with Gasteiger partial charge in [-0.25, -0.2) is 14.6 Å². The van der Waals surface area contributed by atoms with Gasteiger partial charge in [0.1, 0.15) is 0 Å². The lowest BCUT2D eigenvalue weighted by Gasteiger charge is -2.14. The number of fused-ring (bicyclic) bond motifs is 1. The van der Waals surface area contributed by atoms with E-state index >= 15 is 0 Å². The monoisotopic (exact) mass is 346 g/mol. The van der Waals surface area contributed by atoms with E-state index in [1.165, 1.54) is 0 Å². The van der Waals surface area contributed by atoms with E-state index in [1.807, 2.05) is 45.0 Å². The minimum atomic E-state index is 0.353. The molecule has 2 heterocycles. The second-order valence-corrected chi connectivity index (χ2v) is 6.27. The smallest absolute Gasteiger partial charge is 0.245 e. The van der Waals surface area contributed by atoms with E-state index in [9.17, 15) is 0 Å². The minimum absolute atomic E-state index is 0.353. The highest BCUT2D eigenvalue weighted by Crippen LogP contribution is 2.28. The van der Waals surface area contributed by atoms with Crippen molar-refractivity contribution >= 4 is 34.3 Å². The third-order valence-corrected chi connectivity index (χ3v) is 4.04. The topological polar surface area (TPSA) is 88.8 Å². The molecule has 0 bridgehead atoms. The molecule has 0 radical (unpaired) electrons. The Bertz CT molecular complexity index is 1090. The molecule has 0 atom stereocenters. The molecule has 130 valence electrons. The molecular weight excluding hydrogens is 328 g/mol. The van der Waals surface area contributed by atoms with Gasteiger partial charge in [-0.2, -0.15) is 0 Å². The van der Waals surface area contributed by atoms with Gasteiger partial charge in [0, 0.05) is 11.4 Å². The summed E-state index contributed by atoms with van der Waals surface area (Å²) in [5, 5.41) is 14.2. The van der Waals surface area contributed by atoms with E-state index in [2.05, 4.69) is 49.1 Å². The Morgan fingerprint density at radius 2 is 1.46 bits per heavy atom. The molecule has 7 nitrogen and oxygen atoms in total. The van der Waals surface area contributed by atoms with Crippen LogP contribution in [0.25, 0.3) is 11.3 Å². The zero-order chi connectivity index (χ0) is 18.1. The van der Waals surface area contributed by atoms with Crippen molar-refractivity contribution in [3.63, 3.8) is 0 Å². The SMILES string of the molecule is Cc1cccc(Nc2nc3nonc3nc2Nc2cc(C)ccc2C)c1. The molecule has 26 heavy (non-hydrogen) atoms. The van der Waals surface area contributed by atoms with Crippen molar-refractivity contribution in [1.29, 1.82) is 0 Å². The molecule has 0 unspecified atom stereocenters. The fraction of sp³-hybridized carbons (Fsp3) is 0.158. The van der Waals surface area contributed by atoms with Crippen LogP contribution in [0, 0.1) is 20.8 Å². The maximum Gasteiger partial charge on any atom is 0.245 e. The summed E-state index contributed by atoms with van der Waals surface area (Å²) in [4.78, 5) is 9.02. The number of hydrogen-bond acceptors (Lipinski definition) is 7. The highest BCUT2D eigenvalue weighted by Gasteiger charge is 2.14. The first-order valence-corrected chi connectivity index (χ1v) is 8.27. The van der Waals surface area contributed by atoms with Crippen molar-refractivity contribution in [3.8, 4) is 0 Å². The molecule has 0 fully saturated rings. The van der Waals surface area contributed by atoms with Gasteiger partial charge in [-0.1, -0.05) is 24.3 Å². The lowest BCUT2D eigenvalue weighted by Crippen LogP contribution is -2.04. The number of aromatic nitrogens is 4. The average molecular weight is 346 g/mol. The molecule has 0 amide bonds. The molecule has 2 aromatic heterocycles. The fourth-order valence-electron chi connectivity index (χ4n) is 2.67. The van der Waals surface area contributed by atoms with Gasteiger partial charge in [-0.3, -0.25) is 0 Å². The Balaban J connectivity index is 1.77. The Morgan fingerprint density at radius 3 is 2.19 bits per heavy atom. The molecule has 0 aliphatic rings. The lowest BCUT2D eigenvalue weighted by molar-refractivity contribution is 0.314. The molecule has 0 saturated heterocycles. The zero-order valence-electron chi connectivity index (χ0n) is 14.7. The first-order valence-electron chi connectivity index (χ1n) is 8.27. The fourth-order valence-corrected chi connectivity index (χ4v) is 2.67. The van der Waals surface area contributed by atoms with Crippen LogP contribution in [-0.4, -0.2) is 20.3 Å². The molecular formula is C19H18N6O. The van der Waals surface area contributed by atoms with Crippen LogP contribution in [0.3, 0.4) is 0 Å². The first kappa shape index (κ1) is 16.0. The Labute approximate surface area is 150 Å². The van der Waals surface area contributed by atoms with Gasteiger partial charge in [-0.05, 0) is 66.0 Å². The molecule has 4 aromatic rings. The van der Waals surface area contributed by atoms with Crippen LogP contribution in [0.4, 0.5) is 23.0 Å². The van der Waals surface area contributed by atoms with E-state index < -0.39 is 0 Å². The molecule has 4 rings (SSSR count). The van der Waals surface area contributed by atoms with Gasteiger partial charge < -0.3 is 10.6 Å². The van der Waals surface area contributed by atoms with Gasteiger partial charge in [0.05, 0.1) is 0 Å². The van der Waals surface area contributed by atoms with Gasteiger partial charge >= 0.3 is 0 Å². The predicted octanol–water partition coefficient (Wildman–Crippen LogP) is 4.43. The van der Waals surface area contributed by atoms with Crippen LogP contribution < -0.4 is 10.6 Å². The molecule has 7 heteroatoms. The number of benzene rings is 2. The summed E-state index contributed by atoms with van der Waals surface area (Å²) < 4.78 is 4.76. The second kappa shape index (κ2) is 6.44. The van der Waals surface area contributed by atoms with Crippen LogP contribution in [0.1, 0.15) is 16.7 Å². The molecule has 0 aliphatic carbocycles. The van der Waals surface area contributed by atoms with Crippen LogP contribution in [0.5, 0.6) is 0 Å². The number of nitrogens with one attached hydrogen (secondary N) is 2. The lowest BCUT2D eigenvalue weighted by atomic mass is 10.1. The first-order chi connectivity index (χ1) is 12.6. The third-order valence-electron chi connectivity index (χ3n) is 4.04. The maximum absolute atomic E-state index is 4.76. The second-order valence-electron chi connectivity index (χ2n) is 6.27. The summed E-state index contributed by atoms with van der Waals surface area (Å²) in [5.74, 6) is 1.11. The van der Waals surface area contributed by atoms with E-state index in [4.69, 9.17) is 4.63 Å². The standard InChI is InChI=1S/C19H18N6O/c1-11-5-4-6-14(9-11)20-16-17(23-19-18(22-16)24-26-25-19)21-15-10-12(2)7-8-13(15)3/h4-10H,1-3H3,(H,20,22,24)(H,21,23,25). The summed E-state index contributed by atoms with van der Waals surface area (Å²) in [6.45, 7) is 6.13. The van der Waals surface area contributed by atoms with E-state index in [1.54, 1.807) is 0 Å². The van der Waals surface area contributed by atoms with Gasteiger partial charge in [0.25, 0.3) is 0 Å². The van der Waals surface area contributed by atoms with Crippen molar-refractivity contribution in [2.75, 3.05) is 10.6 Å². The maximum atomic E-state index is 4.76. The zero-order valence-corrected chi connectivity index (χ0v) is 14.7. The summed E-state index contributed by atoms with van der Waals surface area (Å²) >= 11 is 0. The largest absolute Gasteiger partial charge is 0.337 e. The van der Waals surface area contributed by atoms with Crippen LogP contribution in [0.2, 0.25) is 0 Å². The third kappa shape index (κ3) is 3.19. The van der Waals surface area contributed by atoms with E-state index in [0.717, 1.165) is 28.1 Å².